The number of hydrogen-bond acceptors (Lipinski definition) is 4. The molecule has 2 atom stereocenters. The molecule has 1 saturated carbocycles. The highest BCUT2D eigenvalue weighted by Crippen LogP contribution is 2.47. The molecule has 7 nitrogen and oxygen atoms in total. The molecule has 1 N–H and O–H groups in total. The second kappa shape index (κ2) is 7.19. The Balaban J connectivity index is 1.98. The second-order valence-electron chi connectivity index (χ2n) is 6.54. The van der Waals surface area contributed by atoms with Crippen molar-refractivity contribution in [2.75, 3.05) is 40.3 Å². The Morgan fingerprint density at radius 2 is 2.09 bits per heavy atom. The Hall–Kier alpha value is -1.79. The Morgan fingerprint density at radius 3 is 2.74 bits per heavy atom. The molecule has 2 fully saturated rings. The minimum absolute atomic E-state index is 0.0183. The fourth-order valence-corrected chi connectivity index (χ4v) is 3.72. The van der Waals surface area contributed by atoms with Crippen LogP contribution in [-0.2, 0) is 14.3 Å². The summed E-state index contributed by atoms with van der Waals surface area (Å²) in [5, 5.41) is 2.67. The van der Waals surface area contributed by atoms with Gasteiger partial charge in [-0.3, -0.25) is 9.59 Å². The third-order valence-corrected chi connectivity index (χ3v) is 5.29. The first-order valence-corrected chi connectivity index (χ1v) is 8.29. The van der Waals surface area contributed by atoms with Crippen LogP contribution < -0.4 is 5.32 Å². The summed E-state index contributed by atoms with van der Waals surface area (Å²) in [4.78, 5) is 39.6. The highest BCUT2D eigenvalue weighted by Gasteiger charge is 2.54. The highest BCUT2D eigenvalue weighted by atomic mass is 16.5. The van der Waals surface area contributed by atoms with Crippen molar-refractivity contribution in [3.63, 3.8) is 0 Å². The zero-order valence-corrected chi connectivity index (χ0v) is 14.3. The van der Waals surface area contributed by atoms with Crippen molar-refractivity contribution in [1.29, 1.82) is 0 Å². The lowest BCUT2D eigenvalue weighted by molar-refractivity contribution is -0.156. The first-order chi connectivity index (χ1) is 10.9. The van der Waals surface area contributed by atoms with Crippen LogP contribution in [0, 0.1) is 11.3 Å². The first kappa shape index (κ1) is 17.6. The van der Waals surface area contributed by atoms with Crippen molar-refractivity contribution in [2.45, 2.75) is 32.6 Å². The number of hydrogen-bond donors (Lipinski definition) is 1. The van der Waals surface area contributed by atoms with Gasteiger partial charge in [-0.1, -0.05) is 12.8 Å². The molecule has 0 aromatic rings. The van der Waals surface area contributed by atoms with E-state index in [-0.39, 0.29) is 30.4 Å². The van der Waals surface area contributed by atoms with Gasteiger partial charge >= 0.3 is 12.0 Å². The van der Waals surface area contributed by atoms with Crippen LogP contribution in [-0.4, -0.2) is 68.0 Å². The lowest BCUT2D eigenvalue weighted by atomic mass is 9.68. The standard InChI is InChI=1S/C16H27N3O4/c1-4-18(2)13(20)9-17-15(22)19-10-12-7-5-6-8-16(12,11-19)14(21)23-3/h12H,4-11H2,1-3H3,(H,17,22)/t12-,16-/m1/s1. The summed E-state index contributed by atoms with van der Waals surface area (Å²) >= 11 is 0. The van der Waals surface area contributed by atoms with E-state index in [4.69, 9.17) is 4.74 Å². The SMILES string of the molecule is CCN(C)C(=O)CNC(=O)N1C[C@H]2CCCC[C@@]2(C(=O)OC)C1. The van der Waals surface area contributed by atoms with Crippen LogP contribution in [0.2, 0.25) is 0 Å². The number of likely N-dealkylation sites (N-methyl/N-ethyl adjacent to an activating group) is 1. The fourth-order valence-electron chi connectivity index (χ4n) is 3.72. The maximum atomic E-state index is 12.3. The number of likely N-dealkylation sites (tertiary alicyclic amines) is 1. The molecular formula is C16H27N3O4. The topological polar surface area (TPSA) is 79.0 Å². The number of nitrogens with zero attached hydrogens (tertiary/aromatic N) is 2. The summed E-state index contributed by atoms with van der Waals surface area (Å²) in [6.45, 7) is 3.40. The molecule has 23 heavy (non-hydrogen) atoms. The number of fused-ring (bicyclic) bond motifs is 1. The van der Waals surface area contributed by atoms with E-state index < -0.39 is 5.41 Å². The van der Waals surface area contributed by atoms with Crippen LogP contribution >= 0.6 is 0 Å². The van der Waals surface area contributed by atoms with Gasteiger partial charge in [0.15, 0.2) is 0 Å². The summed E-state index contributed by atoms with van der Waals surface area (Å²) in [6, 6.07) is -0.277. The minimum atomic E-state index is -0.561. The molecule has 130 valence electrons. The van der Waals surface area contributed by atoms with Crippen molar-refractivity contribution >= 4 is 17.9 Å². The summed E-state index contributed by atoms with van der Waals surface area (Å²) in [6.07, 6.45) is 3.78. The molecule has 0 aromatic carbocycles. The van der Waals surface area contributed by atoms with E-state index in [1.165, 1.54) is 7.11 Å². The fraction of sp³-hybridized carbons (Fsp3) is 0.812. The van der Waals surface area contributed by atoms with Crippen LogP contribution in [0.4, 0.5) is 4.79 Å². The van der Waals surface area contributed by atoms with Gasteiger partial charge in [-0.25, -0.2) is 4.79 Å². The molecule has 3 amide bonds. The number of methoxy groups -OCH3 is 1. The van der Waals surface area contributed by atoms with Gasteiger partial charge in [0.05, 0.1) is 19.1 Å². The van der Waals surface area contributed by atoms with Gasteiger partial charge in [-0.05, 0) is 25.7 Å². The van der Waals surface area contributed by atoms with E-state index in [1.54, 1.807) is 16.8 Å². The number of ether oxygens (including phenoxy) is 1. The summed E-state index contributed by atoms with van der Waals surface area (Å²) < 4.78 is 5.01. The zero-order chi connectivity index (χ0) is 17.0. The van der Waals surface area contributed by atoms with Crippen molar-refractivity contribution in [3.05, 3.63) is 0 Å². The van der Waals surface area contributed by atoms with Crippen LogP contribution in [0.1, 0.15) is 32.6 Å². The van der Waals surface area contributed by atoms with Crippen LogP contribution in [0.25, 0.3) is 0 Å². The normalized spacial score (nSPS) is 26.4. The molecule has 2 aliphatic rings. The van der Waals surface area contributed by atoms with Crippen molar-refractivity contribution in [3.8, 4) is 0 Å². The summed E-state index contributed by atoms with van der Waals surface area (Å²) in [5.41, 5.74) is -0.561. The maximum absolute atomic E-state index is 12.3. The summed E-state index contributed by atoms with van der Waals surface area (Å²) in [5.74, 6) is -0.178. The zero-order valence-electron chi connectivity index (χ0n) is 14.3. The number of carbonyl (C=O) groups is 3. The monoisotopic (exact) mass is 325 g/mol. The molecule has 1 aliphatic carbocycles. The molecule has 0 unspecified atom stereocenters. The Labute approximate surface area is 137 Å². The quantitative estimate of drug-likeness (QED) is 0.777. The third kappa shape index (κ3) is 3.43. The number of rotatable bonds is 4. The third-order valence-electron chi connectivity index (χ3n) is 5.29. The average molecular weight is 325 g/mol. The number of urea groups is 1. The molecule has 1 saturated heterocycles. The van der Waals surface area contributed by atoms with Gasteiger partial charge < -0.3 is 19.9 Å². The van der Waals surface area contributed by atoms with Crippen LogP contribution in [0.5, 0.6) is 0 Å². The first-order valence-electron chi connectivity index (χ1n) is 8.29. The minimum Gasteiger partial charge on any atom is -0.469 e. The van der Waals surface area contributed by atoms with Crippen LogP contribution in [0.3, 0.4) is 0 Å². The smallest absolute Gasteiger partial charge is 0.317 e. The number of amides is 3. The van der Waals surface area contributed by atoms with Crippen molar-refractivity contribution in [1.82, 2.24) is 15.1 Å². The lowest BCUT2D eigenvalue weighted by Gasteiger charge is -2.35. The number of nitrogens with one attached hydrogen (secondary N) is 1. The van der Waals surface area contributed by atoms with E-state index in [0.29, 0.717) is 19.6 Å². The number of carbonyl (C=O) groups excluding carboxylic acids is 3. The Morgan fingerprint density at radius 1 is 1.35 bits per heavy atom. The molecule has 1 heterocycles. The average Bonchev–Trinajstić information content (AvgIpc) is 2.98. The Kier molecular flexibility index (Phi) is 5.49. The lowest BCUT2D eigenvalue weighted by Crippen LogP contribution is -2.46. The van der Waals surface area contributed by atoms with E-state index in [9.17, 15) is 14.4 Å². The molecule has 7 heteroatoms. The molecule has 0 bridgehead atoms. The van der Waals surface area contributed by atoms with Gasteiger partial charge in [0.1, 0.15) is 0 Å². The summed E-state index contributed by atoms with van der Waals surface area (Å²) in [7, 11) is 3.11. The van der Waals surface area contributed by atoms with E-state index in [2.05, 4.69) is 5.32 Å². The second-order valence-corrected chi connectivity index (χ2v) is 6.54. The Bertz CT molecular complexity index is 482. The molecule has 1 aliphatic heterocycles. The maximum Gasteiger partial charge on any atom is 0.317 e. The molecule has 0 aromatic heterocycles. The number of esters is 1. The largest absolute Gasteiger partial charge is 0.469 e. The predicted octanol–water partition coefficient (Wildman–Crippen LogP) is 0.840. The van der Waals surface area contributed by atoms with E-state index in [1.807, 2.05) is 6.92 Å². The molecule has 0 spiro atoms. The van der Waals surface area contributed by atoms with Gasteiger partial charge in [-0.15, -0.1) is 0 Å². The van der Waals surface area contributed by atoms with Gasteiger partial charge in [0.25, 0.3) is 0 Å². The van der Waals surface area contributed by atoms with E-state index >= 15 is 0 Å². The van der Waals surface area contributed by atoms with E-state index in [0.717, 1.165) is 25.7 Å². The predicted molar refractivity (Wildman–Crippen MR) is 84.7 cm³/mol. The molecule has 0 radical (unpaired) electrons. The van der Waals surface area contributed by atoms with Crippen LogP contribution in [0.15, 0.2) is 0 Å². The van der Waals surface area contributed by atoms with Gasteiger partial charge in [-0.2, -0.15) is 0 Å². The van der Waals surface area contributed by atoms with Crippen molar-refractivity contribution in [2.24, 2.45) is 11.3 Å². The van der Waals surface area contributed by atoms with Gasteiger partial charge in [0, 0.05) is 26.7 Å². The highest BCUT2D eigenvalue weighted by molar-refractivity contribution is 5.85. The van der Waals surface area contributed by atoms with Crippen molar-refractivity contribution < 1.29 is 19.1 Å². The molecule has 2 rings (SSSR count). The molecular weight excluding hydrogens is 298 g/mol. The van der Waals surface area contributed by atoms with Gasteiger partial charge in [0.2, 0.25) is 5.91 Å².